The smallest absolute Gasteiger partial charge is 0.336 e. The lowest BCUT2D eigenvalue weighted by atomic mass is 9.62. The van der Waals surface area contributed by atoms with Gasteiger partial charge in [0.1, 0.15) is 0 Å². The maximum absolute atomic E-state index is 13.1. The van der Waals surface area contributed by atoms with Crippen LogP contribution in [0, 0.1) is 0 Å². The number of carboxylic acids is 1. The number of fused-ring (bicyclic) bond motifs is 1. The fraction of sp³-hybridized carbons (Fsp3) is 0.355. The Kier molecular flexibility index (Phi) is 6.35. The molecule has 0 aliphatic heterocycles. The molecule has 3 aromatic carbocycles. The number of carbonyl (C=O) groups excluding carboxylic acids is 1. The van der Waals surface area contributed by atoms with Crippen molar-refractivity contribution in [2.45, 2.75) is 58.3 Å². The summed E-state index contributed by atoms with van der Waals surface area (Å²) in [4.78, 5) is 27.0. The number of hydrogen-bond acceptors (Lipinski definition) is 3. The standard InChI is InChI=1S/C31H35NO3/c1-7-32(6)27-19-26-25(30(2,3)16-17-31(26,4)5)18-24(27)20-12-14-21(15-13-20)28(33)22-10-8-9-11-23(22)29(34)35/h8-15,18-19H,7,16-17H2,1-6H3,(H,34,35). The van der Waals surface area contributed by atoms with Crippen molar-refractivity contribution in [1.82, 2.24) is 0 Å². The van der Waals surface area contributed by atoms with Crippen molar-refractivity contribution < 1.29 is 14.7 Å². The van der Waals surface area contributed by atoms with Crippen LogP contribution in [0.5, 0.6) is 0 Å². The molecule has 3 aromatic rings. The fourth-order valence-electron chi connectivity index (χ4n) is 5.14. The molecule has 1 N–H and O–H groups in total. The van der Waals surface area contributed by atoms with Crippen LogP contribution in [0.1, 0.15) is 84.9 Å². The van der Waals surface area contributed by atoms with Gasteiger partial charge in [-0.2, -0.15) is 0 Å². The second-order valence-electron chi connectivity index (χ2n) is 11.0. The Morgan fingerprint density at radius 2 is 1.40 bits per heavy atom. The quantitative estimate of drug-likeness (QED) is 0.392. The van der Waals surface area contributed by atoms with Gasteiger partial charge in [-0.1, -0.05) is 70.2 Å². The predicted octanol–water partition coefficient (Wildman–Crippen LogP) is 7.09. The number of hydrogen-bond donors (Lipinski definition) is 1. The molecule has 4 heteroatoms. The van der Waals surface area contributed by atoms with E-state index in [9.17, 15) is 14.7 Å². The molecule has 0 bridgehead atoms. The average Bonchev–Trinajstić information content (AvgIpc) is 2.85. The van der Waals surface area contributed by atoms with E-state index in [4.69, 9.17) is 0 Å². The van der Waals surface area contributed by atoms with E-state index in [1.165, 1.54) is 22.9 Å². The Morgan fingerprint density at radius 1 is 0.857 bits per heavy atom. The van der Waals surface area contributed by atoms with E-state index in [1.54, 1.807) is 30.3 Å². The van der Waals surface area contributed by atoms with E-state index in [0.717, 1.165) is 30.5 Å². The van der Waals surface area contributed by atoms with Gasteiger partial charge in [-0.15, -0.1) is 0 Å². The van der Waals surface area contributed by atoms with E-state index in [2.05, 4.69) is 58.7 Å². The molecule has 1 aliphatic carbocycles. The highest BCUT2D eigenvalue weighted by molar-refractivity contribution is 6.14. The van der Waals surface area contributed by atoms with E-state index in [0.29, 0.717) is 5.56 Å². The summed E-state index contributed by atoms with van der Waals surface area (Å²) in [6.45, 7) is 12.4. The van der Waals surface area contributed by atoms with Crippen molar-refractivity contribution >= 4 is 17.4 Å². The van der Waals surface area contributed by atoms with Crippen LogP contribution in [-0.4, -0.2) is 30.5 Å². The Balaban J connectivity index is 1.81. The van der Waals surface area contributed by atoms with Gasteiger partial charge in [-0.3, -0.25) is 4.79 Å². The van der Waals surface area contributed by atoms with Crippen molar-refractivity contribution in [2.24, 2.45) is 0 Å². The molecule has 182 valence electrons. The van der Waals surface area contributed by atoms with Gasteiger partial charge in [0.2, 0.25) is 0 Å². The normalized spacial score (nSPS) is 15.8. The maximum Gasteiger partial charge on any atom is 0.336 e. The molecule has 0 saturated carbocycles. The Bertz CT molecular complexity index is 1290. The van der Waals surface area contributed by atoms with E-state index < -0.39 is 5.97 Å². The lowest BCUT2D eigenvalue weighted by molar-refractivity contribution is 0.0692. The minimum atomic E-state index is -1.10. The van der Waals surface area contributed by atoms with Gasteiger partial charge in [-0.05, 0) is 65.5 Å². The molecule has 0 radical (unpaired) electrons. The molecule has 1 aliphatic rings. The Hall–Kier alpha value is -3.40. The number of carboxylic acid groups (broad SMARTS) is 1. The number of anilines is 1. The van der Waals surface area contributed by atoms with Gasteiger partial charge in [-0.25, -0.2) is 4.79 Å². The lowest BCUT2D eigenvalue weighted by Gasteiger charge is -2.43. The second kappa shape index (κ2) is 8.99. The van der Waals surface area contributed by atoms with E-state index >= 15 is 0 Å². The molecule has 0 unspecified atom stereocenters. The molecule has 0 fully saturated rings. The monoisotopic (exact) mass is 469 g/mol. The molecule has 4 nitrogen and oxygen atoms in total. The van der Waals surface area contributed by atoms with Crippen LogP contribution in [-0.2, 0) is 10.8 Å². The molecule has 0 heterocycles. The largest absolute Gasteiger partial charge is 0.478 e. The highest BCUT2D eigenvalue weighted by Crippen LogP contribution is 2.49. The topological polar surface area (TPSA) is 57.6 Å². The summed E-state index contributed by atoms with van der Waals surface area (Å²) < 4.78 is 0. The van der Waals surface area contributed by atoms with Crippen LogP contribution in [0.3, 0.4) is 0 Å². The third-order valence-corrected chi connectivity index (χ3v) is 7.71. The van der Waals surface area contributed by atoms with Crippen molar-refractivity contribution in [2.75, 3.05) is 18.5 Å². The predicted molar refractivity (Wildman–Crippen MR) is 143 cm³/mol. The minimum absolute atomic E-state index is 0.0213. The molecule has 0 aromatic heterocycles. The van der Waals surface area contributed by atoms with Gasteiger partial charge in [0.15, 0.2) is 5.78 Å². The first-order chi connectivity index (χ1) is 16.5. The van der Waals surface area contributed by atoms with Crippen LogP contribution < -0.4 is 4.90 Å². The molecule has 4 rings (SSSR count). The molecule has 0 spiro atoms. The summed E-state index contributed by atoms with van der Waals surface area (Å²) in [5.41, 5.74) is 7.14. The number of ketones is 1. The number of carbonyl (C=O) groups is 2. The van der Waals surface area contributed by atoms with Gasteiger partial charge < -0.3 is 10.0 Å². The fourth-order valence-corrected chi connectivity index (χ4v) is 5.14. The maximum atomic E-state index is 13.1. The van der Waals surface area contributed by atoms with Crippen LogP contribution in [0.2, 0.25) is 0 Å². The van der Waals surface area contributed by atoms with E-state index in [-0.39, 0.29) is 27.7 Å². The van der Waals surface area contributed by atoms with Crippen LogP contribution in [0.4, 0.5) is 5.69 Å². The van der Waals surface area contributed by atoms with Crippen LogP contribution in [0.25, 0.3) is 11.1 Å². The summed E-state index contributed by atoms with van der Waals surface area (Å²) >= 11 is 0. The summed E-state index contributed by atoms with van der Waals surface area (Å²) in [7, 11) is 2.12. The average molecular weight is 470 g/mol. The summed E-state index contributed by atoms with van der Waals surface area (Å²) in [6, 6.07) is 18.7. The van der Waals surface area contributed by atoms with Crippen LogP contribution in [0.15, 0.2) is 60.7 Å². The van der Waals surface area contributed by atoms with Gasteiger partial charge in [0.05, 0.1) is 5.56 Å². The van der Waals surface area contributed by atoms with Gasteiger partial charge in [0, 0.05) is 36.0 Å². The van der Waals surface area contributed by atoms with Crippen molar-refractivity contribution in [1.29, 1.82) is 0 Å². The van der Waals surface area contributed by atoms with Crippen LogP contribution >= 0.6 is 0 Å². The SMILES string of the molecule is CCN(C)c1cc2c(cc1-c1ccc(C(=O)c3ccccc3C(=O)O)cc1)C(C)(C)CCC2(C)C. The number of nitrogens with zero attached hydrogens (tertiary/aromatic N) is 1. The van der Waals surface area contributed by atoms with Gasteiger partial charge >= 0.3 is 5.97 Å². The Labute approximate surface area is 208 Å². The van der Waals surface area contributed by atoms with Crippen molar-refractivity contribution in [3.63, 3.8) is 0 Å². The first-order valence-corrected chi connectivity index (χ1v) is 12.3. The van der Waals surface area contributed by atoms with Crippen molar-refractivity contribution in [3.8, 4) is 11.1 Å². The zero-order chi connectivity index (χ0) is 25.5. The zero-order valence-corrected chi connectivity index (χ0v) is 21.6. The molecular formula is C31H35NO3. The van der Waals surface area contributed by atoms with Gasteiger partial charge in [0.25, 0.3) is 0 Å². The number of benzene rings is 3. The van der Waals surface area contributed by atoms with Crippen molar-refractivity contribution in [3.05, 3.63) is 88.5 Å². The van der Waals surface area contributed by atoms with E-state index in [1.807, 2.05) is 12.1 Å². The molecule has 0 atom stereocenters. The highest BCUT2D eigenvalue weighted by Gasteiger charge is 2.38. The minimum Gasteiger partial charge on any atom is -0.478 e. The Morgan fingerprint density at radius 3 is 1.94 bits per heavy atom. The summed E-state index contributed by atoms with van der Waals surface area (Å²) in [5.74, 6) is -1.38. The molecule has 0 amide bonds. The number of rotatable bonds is 6. The molecule has 35 heavy (non-hydrogen) atoms. The number of aromatic carboxylic acids is 1. The summed E-state index contributed by atoms with van der Waals surface area (Å²) in [5, 5.41) is 9.48. The third kappa shape index (κ3) is 4.50. The first-order valence-electron chi connectivity index (χ1n) is 12.3. The summed E-state index contributed by atoms with van der Waals surface area (Å²) in [6.07, 6.45) is 2.31. The lowest BCUT2D eigenvalue weighted by Crippen LogP contribution is -2.34. The molecule has 0 saturated heterocycles. The third-order valence-electron chi connectivity index (χ3n) is 7.71. The first kappa shape index (κ1) is 24.7. The molecular weight excluding hydrogens is 434 g/mol. The second-order valence-corrected chi connectivity index (χ2v) is 11.0. The highest BCUT2D eigenvalue weighted by atomic mass is 16.4. The zero-order valence-electron chi connectivity index (χ0n) is 21.6.